The molecule has 0 saturated carbocycles. The molecular formula is C14H14N2S. The summed E-state index contributed by atoms with van der Waals surface area (Å²) in [7, 11) is 0. The van der Waals surface area contributed by atoms with Gasteiger partial charge in [0.15, 0.2) is 0 Å². The first kappa shape index (κ1) is 10.7. The largest absolute Gasteiger partial charge is 0.365 e. The maximum atomic E-state index is 4.50. The lowest BCUT2D eigenvalue weighted by Crippen LogP contribution is -2.28. The maximum absolute atomic E-state index is 4.50. The maximum Gasteiger partial charge on any atom is 0.131 e. The summed E-state index contributed by atoms with van der Waals surface area (Å²) in [4.78, 5) is 5.70. The zero-order valence-electron chi connectivity index (χ0n) is 9.68. The van der Waals surface area contributed by atoms with Crippen molar-refractivity contribution in [2.45, 2.75) is 23.1 Å². The van der Waals surface area contributed by atoms with Crippen molar-refractivity contribution in [3.05, 3.63) is 54.4 Å². The molecule has 0 spiro atoms. The van der Waals surface area contributed by atoms with Crippen LogP contribution in [0.5, 0.6) is 0 Å². The van der Waals surface area contributed by atoms with E-state index in [4.69, 9.17) is 0 Å². The highest BCUT2D eigenvalue weighted by Gasteiger charge is 2.38. The number of nitrogens with zero attached hydrogens (tertiary/aromatic N) is 1. The quantitative estimate of drug-likeness (QED) is 0.865. The van der Waals surface area contributed by atoms with E-state index >= 15 is 0 Å². The van der Waals surface area contributed by atoms with Crippen LogP contribution in [0.1, 0.15) is 19.0 Å². The van der Waals surface area contributed by atoms with Crippen molar-refractivity contribution in [1.29, 1.82) is 0 Å². The first-order valence-corrected chi connectivity index (χ1v) is 6.63. The fourth-order valence-electron chi connectivity index (χ4n) is 2.15. The molecule has 0 amide bonds. The van der Waals surface area contributed by atoms with Crippen LogP contribution in [-0.4, -0.2) is 4.98 Å². The van der Waals surface area contributed by atoms with Crippen LogP contribution >= 0.6 is 11.8 Å². The number of nitrogens with one attached hydrogen (secondary N) is 1. The van der Waals surface area contributed by atoms with Gasteiger partial charge in [0.2, 0.25) is 0 Å². The monoisotopic (exact) mass is 242 g/mol. The molecule has 0 bridgehead atoms. The van der Waals surface area contributed by atoms with Crippen LogP contribution in [0, 0.1) is 0 Å². The highest BCUT2D eigenvalue weighted by atomic mass is 32.2. The molecule has 1 aromatic carbocycles. The molecule has 17 heavy (non-hydrogen) atoms. The summed E-state index contributed by atoms with van der Waals surface area (Å²) in [5.74, 6) is 0. The molecule has 1 aliphatic heterocycles. The van der Waals surface area contributed by atoms with Crippen LogP contribution in [0.2, 0.25) is 0 Å². The van der Waals surface area contributed by atoms with Crippen molar-refractivity contribution in [1.82, 2.24) is 4.98 Å². The fourth-order valence-corrected chi connectivity index (χ4v) is 3.43. The molecule has 1 unspecified atom stereocenters. The number of rotatable bonds is 2. The molecule has 1 N–H and O–H groups in total. The number of anilines is 1. The van der Waals surface area contributed by atoms with Gasteiger partial charge < -0.3 is 5.32 Å². The minimum Gasteiger partial charge on any atom is -0.365 e. The third-order valence-corrected chi connectivity index (χ3v) is 4.61. The van der Waals surface area contributed by atoms with Crippen molar-refractivity contribution in [3.8, 4) is 0 Å². The predicted octanol–water partition coefficient (Wildman–Crippen LogP) is 3.86. The Morgan fingerprint density at radius 3 is 2.71 bits per heavy atom. The third-order valence-electron chi connectivity index (χ3n) is 3.08. The summed E-state index contributed by atoms with van der Waals surface area (Å²) >= 11 is 1.86. The van der Waals surface area contributed by atoms with Crippen molar-refractivity contribution >= 4 is 17.4 Å². The number of pyridine rings is 1. The van der Waals surface area contributed by atoms with Gasteiger partial charge in [0.05, 0.1) is 5.69 Å². The van der Waals surface area contributed by atoms with E-state index in [-0.39, 0.29) is 4.87 Å². The zero-order valence-corrected chi connectivity index (χ0v) is 10.5. The minimum absolute atomic E-state index is 0.106. The Balaban J connectivity index is 2.03. The number of aromatic nitrogens is 1. The fraction of sp³-hybridized carbons (Fsp3) is 0.214. The van der Waals surface area contributed by atoms with Gasteiger partial charge in [0.1, 0.15) is 4.87 Å². The van der Waals surface area contributed by atoms with Crippen molar-refractivity contribution in [2.75, 3.05) is 5.32 Å². The van der Waals surface area contributed by atoms with E-state index in [0.29, 0.717) is 0 Å². The molecule has 2 heterocycles. The van der Waals surface area contributed by atoms with Crippen LogP contribution < -0.4 is 5.32 Å². The van der Waals surface area contributed by atoms with E-state index in [9.17, 15) is 0 Å². The normalized spacial score (nSPS) is 21.9. The van der Waals surface area contributed by atoms with Gasteiger partial charge in [-0.3, -0.25) is 4.98 Å². The summed E-state index contributed by atoms with van der Waals surface area (Å²) in [6, 6.07) is 14.5. The molecule has 0 radical (unpaired) electrons. The van der Waals surface area contributed by atoms with E-state index < -0.39 is 0 Å². The summed E-state index contributed by atoms with van der Waals surface area (Å²) in [5.41, 5.74) is 2.31. The number of benzene rings is 1. The van der Waals surface area contributed by atoms with Gasteiger partial charge in [-0.2, -0.15) is 0 Å². The van der Waals surface area contributed by atoms with Gasteiger partial charge in [-0.15, -0.1) is 0 Å². The number of para-hydroxylation sites is 1. The number of hydrogen-bond donors (Lipinski definition) is 1. The smallest absolute Gasteiger partial charge is 0.131 e. The van der Waals surface area contributed by atoms with Crippen molar-refractivity contribution in [2.24, 2.45) is 0 Å². The lowest BCUT2D eigenvalue weighted by Gasteiger charge is -2.27. The second-order valence-electron chi connectivity index (χ2n) is 4.12. The summed E-state index contributed by atoms with van der Waals surface area (Å²) < 4.78 is 0. The summed E-state index contributed by atoms with van der Waals surface area (Å²) in [6.45, 7) is 2.19. The average Bonchev–Trinajstić information content (AvgIpc) is 2.79. The van der Waals surface area contributed by atoms with E-state index in [2.05, 4.69) is 47.6 Å². The Morgan fingerprint density at radius 2 is 2.00 bits per heavy atom. The number of fused-ring (bicyclic) bond motifs is 1. The van der Waals surface area contributed by atoms with Crippen LogP contribution in [0.25, 0.3) is 0 Å². The highest BCUT2D eigenvalue weighted by Crippen LogP contribution is 2.51. The van der Waals surface area contributed by atoms with Gasteiger partial charge in [-0.25, -0.2) is 0 Å². The lowest BCUT2D eigenvalue weighted by atomic mass is 10.1. The van der Waals surface area contributed by atoms with Crippen LogP contribution in [0.15, 0.2) is 53.6 Å². The van der Waals surface area contributed by atoms with E-state index in [0.717, 1.165) is 12.1 Å². The van der Waals surface area contributed by atoms with Crippen LogP contribution in [0.4, 0.5) is 5.69 Å². The van der Waals surface area contributed by atoms with Gasteiger partial charge in [-0.1, -0.05) is 36.9 Å². The Hall–Kier alpha value is -1.48. The van der Waals surface area contributed by atoms with Gasteiger partial charge >= 0.3 is 0 Å². The number of hydrogen-bond acceptors (Lipinski definition) is 3. The lowest BCUT2D eigenvalue weighted by molar-refractivity contribution is 0.668. The average molecular weight is 242 g/mol. The first-order valence-electron chi connectivity index (χ1n) is 5.82. The molecule has 1 aliphatic rings. The minimum atomic E-state index is -0.106. The van der Waals surface area contributed by atoms with E-state index in [1.807, 2.05) is 30.1 Å². The molecule has 2 aromatic rings. The Morgan fingerprint density at radius 1 is 1.18 bits per heavy atom. The zero-order chi connectivity index (χ0) is 11.7. The SMILES string of the molecule is CCC1(c2ccccn2)Nc2ccccc2S1. The molecule has 0 aliphatic carbocycles. The molecule has 2 nitrogen and oxygen atoms in total. The summed E-state index contributed by atoms with van der Waals surface area (Å²) in [5, 5.41) is 3.61. The van der Waals surface area contributed by atoms with Gasteiger partial charge in [0.25, 0.3) is 0 Å². The predicted molar refractivity (Wildman–Crippen MR) is 72.1 cm³/mol. The molecule has 1 aromatic heterocycles. The second-order valence-corrected chi connectivity index (χ2v) is 5.46. The molecular weight excluding hydrogens is 228 g/mol. The van der Waals surface area contributed by atoms with Gasteiger partial charge in [-0.05, 0) is 30.7 Å². The van der Waals surface area contributed by atoms with Crippen molar-refractivity contribution < 1.29 is 0 Å². The second kappa shape index (κ2) is 4.08. The first-order chi connectivity index (χ1) is 8.34. The van der Waals surface area contributed by atoms with E-state index in [1.165, 1.54) is 10.6 Å². The molecule has 0 fully saturated rings. The van der Waals surface area contributed by atoms with Crippen LogP contribution in [-0.2, 0) is 4.87 Å². The molecule has 3 heteroatoms. The standard InChI is InChI=1S/C14H14N2S/c1-2-14(13-9-5-6-10-15-13)16-11-7-3-4-8-12(11)17-14/h3-10,16H,2H2,1H3. The third kappa shape index (κ3) is 1.71. The highest BCUT2D eigenvalue weighted by molar-refractivity contribution is 8.00. The molecule has 86 valence electrons. The number of thioether (sulfide) groups is 1. The van der Waals surface area contributed by atoms with Crippen molar-refractivity contribution in [3.63, 3.8) is 0 Å². The molecule has 3 rings (SSSR count). The Bertz CT molecular complexity index is 500. The molecule has 0 saturated heterocycles. The van der Waals surface area contributed by atoms with Gasteiger partial charge in [0, 0.05) is 16.8 Å². The topological polar surface area (TPSA) is 24.9 Å². The van der Waals surface area contributed by atoms with Crippen LogP contribution in [0.3, 0.4) is 0 Å². The Labute approximate surface area is 105 Å². The van der Waals surface area contributed by atoms with E-state index in [1.54, 1.807) is 0 Å². The molecule has 1 atom stereocenters. The summed E-state index contributed by atoms with van der Waals surface area (Å²) in [6.07, 6.45) is 2.86. The Kier molecular flexibility index (Phi) is 2.56.